The number of nitrogen functional groups attached to an aromatic ring is 1. The van der Waals surface area contributed by atoms with Gasteiger partial charge >= 0.3 is 0 Å². The maximum absolute atomic E-state index is 11.7. The molecule has 1 aromatic rings. The van der Waals surface area contributed by atoms with Gasteiger partial charge in [0, 0.05) is 6.54 Å². The maximum atomic E-state index is 11.7. The van der Waals surface area contributed by atoms with Crippen LogP contribution in [-0.4, -0.2) is 18.6 Å². The zero-order valence-corrected chi connectivity index (χ0v) is 9.11. The Morgan fingerprint density at radius 2 is 2.12 bits per heavy atom. The van der Waals surface area contributed by atoms with E-state index in [9.17, 15) is 4.79 Å². The fraction of sp³-hybridized carbons (Fsp3) is 0.417. The van der Waals surface area contributed by atoms with Crippen molar-refractivity contribution < 1.29 is 9.53 Å². The minimum Gasteiger partial charge on any atom is -0.478 e. The van der Waals surface area contributed by atoms with Crippen LogP contribution >= 0.6 is 0 Å². The van der Waals surface area contributed by atoms with E-state index in [-0.39, 0.29) is 5.91 Å². The first kappa shape index (κ1) is 10.8. The monoisotopic (exact) mass is 220 g/mol. The van der Waals surface area contributed by atoms with Gasteiger partial charge < -0.3 is 15.8 Å². The number of hydrogen-bond donors (Lipinski definition) is 2. The Bertz CT molecular complexity index is 379. The standard InChI is InChI=1S/C12H16N2O2/c13-9-5-1-2-6-10(9)16-11-7-3-4-8-14-12(11)15/h1-2,5-6,11H,3-4,7-8,13H2,(H,14,15). The minimum absolute atomic E-state index is 0.0410. The van der Waals surface area contributed by atoms with Crippen LogP contribution in [0.15, 0.2) is 24.3 Å². The van der Waals surface area contributed by atoms with Crippen molar-refractivity contribution in [3.05, 3.63) is 24.3 Å². The first-order valence-corrected chi connectivity index (χ1v) is 5.56. The number of nitrogens with two attached hydrogens (primary N) is 1. The van der Waals surface area contributed by atoms with Crippen LogP contribution in [0.2, 0.25) is 0 Å². The highest BCUT2D eigenvalue weighted by Gasteiger charge is 2.22. The summed E-state index contributed by atoms with van der Waals surface area (Å²) in [6, 6.07) is 7.24. The highest BCUT2D eigenvalue weighted by atomic mass is 16.5. The van der Waals surface area contributed by atoms with Crippen LogP contribution in [0.4, 0.5) is 5.69 Å². The lowest BCUT2D eigenvalue weighted by atomic mass is 10.2. The topological polar surface area (TPSA) is 64.3 Å². The number of para-hydroxylation sites is 2. The van der Waals surface area contributed by atoms with E-state index >= 15 is 0 Å². The van der Waals surface area contributed by atoms with Gasteiger partial charge in [0.1, 0.15) is 5.75 Å². The number of nitrogens with one attached hydrogen (secondary N) is 1. The van der Waals surface area contributed by atoms with E-state index in [4.69, 9.17) is 10.5 Å². The molecule has 0 aromatic heterocycles. The smallest absolute Gasteiger partial charge is 0.261 e. The number of benzene rings is 1. The summed E-state index contributed by atoms with van der Waals surface area (Å²) in [5.74, 6) is 0.547. The SMILES string of the molecule is Nc1ccccc1OC1CCCCNC1=O. The highest BCUT2D eigenvalue weighted by molar-refractivity contribution is 5.81. The summed E-state index contributed by atoms with van der Waals surface area (Å²) >= 11 is 0. The molecule has 4 nitrogen and oxygen atoms in total. The number of ether oxygens (including phenoxy) is 1. The van der Waals surface area contributed by atoms with Crippen LogP contribution in [0.1, 0.15) is 19.3 Å². The van der Waals surface area contributed by atoms with Crippen molar-refractivity contribution in [1.29, 1.82) is 0 Å². The number of rotatable bonds is 2. The summed E-state index contributed by atoms with van der Waals surface area (Å²) in [7, 11) is 0. The number of carbonyl (C=O) groups is 1. The predicted molar refractivity (Wildman–Crippen MR) is 62.1 cm³/mol. The van der Waals surface area contributed by atoms with E-state index in [2.05, 4.69) is 5.32 Å². The molecule has 1 atom stereocenters. The van der Waals surface area contributed by atoms with Gasteiger partial charge in [0.15, 0.2) is 6.10 Å². The molecule has 1 heterocycles. The summed E-state index contributed by atoms with van der Waals surface area (Å²) in [5, 5.41) is 2.83. The molecule has 86 valence electrons. The summed E-state index contributed by atoms with van der Waals surface area (Å²) in [6.45, 7) is 0.739. The molecule has 0 bridgehead atoms. The van der Waals surface area contributed by atoms with Crippen molar-refractivity contribution in [3.63, 3.8) is 0 Å². The Kier molecular flexibility index (Phi) is 3.29. The summed E-state index contributed by atoms with van der Waals surface area (Å²) in [6.07, 6.45) is 2.35. The molecule has 2 rings (SSSR count). The van der Waals surface area contributed by atoms with Gasteiger partial charge in [-0.25, -0.2) is 0 Å². The normalized spacial score (nSPS) is 21.0. The van der Waals surface area contributed by atoms with E-state index < -0.39 is 6.10 Å². The van der Waals surface area contributed by atoms with Crippen molar-refractivity contribution in [1.82, 2.24) is 5.32 Å². The number of hydrogen-bond acceptors (Lipinski definition) is 3. The van der Waals surface area contributed by atoms with Crippen molar-refractivity contribution in [3.8, 4) is 5.75 Å². The second-order valence-electron chi connectivity index (χ2n) is 3.93. The Morgan fingerprint density at radius 1 is 1.31 bits per heavy atom. The lowest BCUT2D eigenvalue weighted by molar-refractivity contribution is -0.127. The molecule has 0 saturated carbocycles. The third-order valence-corrected chi connectivity index (χ3v) is 2.67. The minimum atomic E-state index is -0.410. The summed E-state index contributed by atoms with van der Waals surface area (Å²) in [5.41, 5.74) is 6.33. The molecule has 4 heteroatoms. The fourth-order valence-electron chi connectivity index (χ4n) is 1.76. The number of amides is 1. The largest absolute Gasteiger partial charge is 0.478 e. The van der Waals surface area contributed by atoms with Gasteiger partial charge in [-0.1, -0.05) is 12.1 Å². The van der Waals surface area contributed by atoms with Crippen LogP contribution in [0.3, 0.4) is 0 Å². The molecule has 1 aliphatic heterocycles. The zero-order valence-electron chi connectivity index (χ0n) is 9.11. The molecule has 1 amide bonds. The Morgan fingerprint density at radius 3 is 2.94 bits per heavy atom. The average Bonchev–Trinajstić information content (AvgIpc) is 2.48. The lowest BCUT2D eigenvalue weighted by Crippen LogP contribution is -2.36. The van der Waals surface area contributed by atoms with Crippen LogP contribution < -0.4 is 15.8 Å². The molecule has 0 spiro atoms. The van der Waals surface area contributed by atoms with E-state index in [0.717, 1.165) is 25.8 Å². The zero-order chi connectivity index (χ0) is 11.4. The van der Waals surface area contributed by atoms with Crippen molar-refractivity contribution in [2.75, 3.05) is 12.3 Å². The Balaban J connectivity index is 2.08. The lowest BCUT2D eigenvalue weighted by Gasteiger charge is -2.16. The molecular formula is C12H16N2O2. The Labute approximate surface area is 94.8 Å². The third-order valence-electron chi connectivity index (χ3n) is 2.67. The molecule has 0 aliphatic carbocycles. The van der Waals surface area contributed by atoms with Gasteiger partial charge in [-0.15, -0.1) is 0 Å². The maximum Gasteiger partial charge on any atom is 0.261 e. The average molecular weight is 220 g/mol. The highest BCUT2D eigenvalue weighted by Crippen LogP contribution is 2.23. The molecule has 1 aliphatic rings. The second-order valence-corrected chi connectivity index (χ2v) is 3.93. The van der Waals surface area contributed by atoms with Gasteiger partial charge in [0.05, 0.1) is 5.69 Å². The van der Waals surface area contributed by atoms with E-state index in [0.29, 0.717) is 11.4 Å². The van der Waals surface area contributed by atoms with Crippen LogP contribution in [-0.2, 0) is 4.79 Å². The van der Waals surface area contributed by atoms with E-state index in [1.165, 1.54) is 0 Å². The molecular weight excluding hydrogens is 204 g/mol. The van der Waals surface area contributed by atoms with Gasteiger partial charge in [0.2, 0.25) is 0 Å². The first-order valence-electron chi connectivity index (χ1n) is 5.56. The predicted octanol–water partition coefficient (Wildman–Crippen LogP) is 1.32. The van der Waals surface area contributed by atoms with Crippen LogP contribution in [0.25, 0.3) is 0 Å². The van der Waals surface area contributed by atoms with Gasteiger partial charge in [-0.3, -0.25) is 4.79 Å². The van der Waals surface area contributed by atoms with Gasteiger partial charge in [-0.2, -0.15) is 0 Å². The molecule has 1 unspecified atom stereocenters. The summed E-state index contributed by atoms with van der Waals surface area (Å²) < 4.78 is 5.64. The molecule has 0 radical (unpaired) electrons. The number of anilines is 1. The fourth-order valence-corrected chi connectivity index (χ4v) is 1.76. The third kappa shape index (κ3) is 2.45. The van der Waals surface area contributed by atoms with Crippen LogP contribution in [0, 0.1) is 0 Å². The van der Waals surface area contributed by atoms with Crippen molar-refractivity contribution in [2.45, 2.75) is 25.4 Å². The van der Waals surface area contributed by atoms with Gasteiger partial charge in [0.25, 0.3) is 5.91 Å². The molecule has 1 aromatic carbocycles. The molecule has 1 saturated heterocycles. The number of carbonyl (C=O) groups excluding carboxylic acids is 1. The molecule has 3 N–H and O–H groups in total. The van der Waals surface area contributed by atoms with E-state index in [1.807, 2.05) is 12.1 Å². The quantitative estimate of drug-likeness (QED) is 0.739. The van der Waals surface area contributed by atoms with Crippen molar-refractivity contribution >= 4 is 11.6 Å². The Hall–Kier alpha value is -1.71. The molecule has 1 fully saturated rings. The second kappa shape index (κ2) is 4.88. The first-order chi connectivity index (χ1) is 7.77. The van der Waals surface area contributed by atoms with Crippen LogP contribution in [0.5, 0.6) is 5.75 Å². The summed E-state index contributed by atoms with van der Waals surface area (Å²) in [4.78, 5) is 11.7. The van der Waals surface area contributed by atoms with E-state index in [1.54, 1.807) is 12.1 Å². The molecule has 16 heavy (non-hydrogen) atoms. The van der Waals surface area contributed by atoms with Crippen molar-refractivity contribution in [2.24, 2.45) is 0 Å². The van der Waals surface area contributed by atoms with Gasteiger partial charge in [-0.05, 0) is 31.4 Å².